The van der Waals surface area contributed by atoms with Gasteiger partial charge in [0.1, 0.15) is 0 Å². The van der Waals surface area contributed by atoms with Crippen LogP contribution in [-0.2, 0) is 10.2 Å². The van der Waals surface area contributed by atoms with Crippen LogP contribution in [0.5, 0.6) is 0 Å². The number of carboxylic acids is 1. The lowest BCUT2D eigenvalue weighted by molar-refractivity contribution is 0.0689. The third-order valence-corrected chi connectivity index (χ3v) is 5.43. The number of carbonyl (C=O) groups is 2. The molecule has 0 spiro atoms. The number of anilines is 2. The van der Waals surface area contributed by atoms with Crippen molar-refractivity contribution in [2.24, 2.45) is 0 Å². The zero-order valence-electron chi connectivity index (χ0n) is 19.2. The molecule has 0 atom stereocenters. The number of hydrogen-bond acceptors (Lipinski definition) is 5. The number of halogens is 1. The van der Waals surface area contributed by atoms with Crippen molar-refractivity contribution < 1.29 is 19.4 Å². The van der Waals surface area contributed by atoms with Crippen LogP contribution in [0.2, 0.25) is 5.02 Å². The van der Waals surface area contributed by atoms with Gasteiger partial charge >= 0.3 is 5.97 Å². The Labute approximate surface area is 197 Å². The minimum absolute atomic E-state index is 0.0505. The largest absolute Gasteiger partial charge is 0.476 e. The van der Waals surface area contributed by atoms with Crippen LogP contribution in [0.15, 0.2) is 48.5 Å². The highest BCUT2D eigenvalue weighted by Crippen LogP contribution is 2.35. The van der Waals surface area contributed by atoms with Crippen molar-refractivity contribution >= 4 is 35.2 Å². The van der Waals surface area contributed by atoms with Gasteiger partial charge < -0.3 is 20.1 Å². The summed E-state index contributed by atoms with van der Waals surface area (Å²) in [4.78, 5) is 31.4. The number of rotatable bonds is 8. The molecule has 3 aromatic rings. The minimum atomic E-state index is -1.22. The quantitative estimate of drug-likeness (QED) is 0.504. The number of amides is 1. The van der Waals surface area contributed by atoms with Crippen LogP contribution in [0.3, 0.4) is 0 Å². The molecule has 0 aliphatic rings. The summed E-state index contributed by atoms with van der Waals surface area (Å²) >= 11 is 5.90. The average molecular weight is 471 g/mol. The number of aromatic carboxylic acids is 1. The van der Waals surface area contributed by atoms with Crippen LogP contribution < -0.4 is 10.2 Å². The fourth-order valence-corrected chi connectivity index (χ4v) is 3.81. The van der Waals surface area contributed by atoms with Crippen LogP contribution in [0.25, 0.3) is 5.69 Å². The van der Waals surface area contributed by atoms with Gasteiger partial charge in [0.15, 0.2) is 11.5 Å². The van der Waals surface area contributed by atoms with E-state index in [-0.39, 0.29) is 11.5 Å². The zero-order valence-corrected chi connectivity index (χ0v) is 20.0. The molecule has 9 heteroatoms. The molecule has 0 fully saturated rings. The molecule has 0 bridgehead atoms. The highest BCUT2D eigenvalue weighted by Gasteiger charge is 2.31. The summed E-state index contributed by atoms with van der Waals surface area (Å²) in [7, 11) is 5.15. The van der Waals surface area contributed by atoms with Gasteiger partial charge in [-0.1, -0.05) is 43.6 Å². The van der Waals surface area contributed by atoms with Gasteiger partial charge in [-0.05, 0) is 35.9 Å². The fourth-order valence-electron chi connectivity index (χ4n) is 3.68. The third-order valence-electron chi connectivity index (χ3n) is 5.18. The summed E-state index contributed by atoms with van der Waals surface area (Å²) in [5, 5.41) is 13.3. The SMILES string of the molecule is COCC(C)(C)c1ccccc1-n1c(N(C)C)nc(NC(=O)c2ccc(Cl)cc2)c1C(=O)O. The van der Waals surface area contributed by atoms with E-state index in [1.807, 2.05) is 38.1 Å². The number of carbonyl (C=O) groups excluding carboxylic acids is 1. The molecule has 1 heterocycles. The smallest absolute Gasteiger partial charge is 0.356 e. The van der Waals surface area contributed by atoms with Gasteiger partial charge in [-0.25, -0.2) is 4.79 Å². The van der Waals surface area contributed by atoms with E-state index >= 15 is 0 Å². The van der Waals surface area contributed by atoms with E-state index in [4.69, 9.17) is 16.3 Å². The van der Waals surface area contributed by atoms with E-state index in [0.717, 1.165) is 5.56 Å². The van der Waals surface area contributed by atoms with Crippen molar-refractivity contribution in [1.82, 2.24) is 9.55 Å². The minimum Gasteiger partial charge on any atom is -0.476 e. The molecular formula is C24H27ClN4O4. The maximum Gasteiger partial charge on any atom is 0.356 e. The Morgan fingerprint density at radius 1 is 1.15 bits per heavy atom. The van der Waals surface area contributed by atoms with E-state index in [1.165, 1.54) is 0 Å². The highest BCUT2D eigenvalue weighted by atomic mass is 35.5. The molecule has 0 saturated heterocycles. The van der Waals surface area contributed by atoms with Crippen LogP contribution in [0, 0.1) is 0 Å². The Balaban J connectivity index is 2.20. The Morgan fingerprint density at radius 2 is 1.79 bits per heavy atom. The van der Waals surface area contributed by atoms with Gasteiger partial charge in [0, 0.05) is 37.2 Å². The number of para-hydroxylation sites is 1. The van der Waals surface area contributed by atoms with Crippen LogP contribution in [-0.4, -0.2) is 54.3 Å². The molecule has 0 aliphatic carbocycles. The van der Waals surface area contributed by atoms with Crippen molar-refractivity contribution in [2.75, 3.05) is 38.0 Å². The lowest BCUT2D eigenvalue weighted by Crippen LogP contribution is -2.27. The molecule has 3 rings (SSSR count). The molecule has 0 unspecified atom stereocenters. The van der Waals surface area contributed by atoms with Crippen molar-refractivity contribution in [2.45, 2.75) is 19.3 Å². The molecule has 1 amide bonds. The van der Waals surface area contributed by atoms with Crippen LogP contribution in [0.1, 0.15) is 40.3 Å². The first-order valence-corrected chi connectivity index (χ1v) is 10.6. The maximum atomic E-state index is 12.8. The first kappa shape index (κ1) is 24.3. The molecule has 0 radical (unpaired) electrons. The van der Waals surface area contributed by atoms with Crippen molar-refractivity contribution in [3.63, 3.8) is 0 Å². The molecule has 174 valence electrons. The standard InChI is InChI=1S/C24H27ClN4O4/c1-24(2,14-33-5)17-8-6-7-9-18(17)29-19(22(31)32)20(27-23(29)28(3)4)26-21(30)15-10-12-16(25)13-11-15/h6-13H,14H2,1-5H3,(H,26,30)(H,31,32). The molecular weight excluding hydrogens is 444 g/mol. The molecule has 2 aromatic carbocycles. The number of ether oxygens (including phenoxy) is 1. The van der Waals surface area contributed by atoms with Crippen molar-refractivity contribution in [3.05, 3.63) is 70.4 Å². The van der Waals surface area contributed by atoms with E-state index in [2.05, 4.69) is 10.3 Å². The van der Waals surface area contributed by atoms with Crippen LogP contribution in [0.4, 0.5) is 11.8 Å². The first-order chi connectivity index (χ1) is 15.6. The van der Waals surface area contributed by atoms with Gasteiger partial charge in [-0.15, -0.1) is 0 Å². The molecule has 2 N–H and O–H groups in total. The number of imidazole rings is 1. The molecule has 8 nitrogen and oxygen atoms in total. The predicted molar refractivity (Wildman–Crippen MR) is 129 cm³/mol. The van der Waals surface area contributed by atoms with E-state index in [0.29, 0.717) is 28.8 Å². The van der Waals surface area contributed by atoms with E-state index in [1.54, 1.807) is 54.9 Å². The van der Waals surface area contributed by atoms with E-state index in [9.17, 15) is 14.7 Å². The van der Waals surface area contributed by atoms with Gasteiger partial charge in [0.2, 0.25) is 5.95 Å². The third kappa shape index (κ3) is 5.02. The topological polar surface area (TPSA) is 96.7 Å². The molecule has 0 aliphatic heterocycles. The number of methoxy groups -OCH3 is 1. The lowest BCUT2D eigenvalue weighted by Gasteiger charge is -2.28. The van der Waals surface area contributed by atoms with Crippen molar-refractivity contribution in [1.29, 1.82) is 0 Å². The molecule has 1 aromatic heterocycles. The second-order valence-electron chi connectivity index (χ2n) is 8.44. The van der Waals surface area contributed by atoms with Gasteiger partial charge in [-0.2, -0.15) is 4.98 Å². The number of benzene rings is 2. The molecule has 0 saturated carbocycles. The number of aromatic nitrogens is 2. The summed E-state index contributed by atoms with van der Waals surface area (Å²) in [6.07, 6.45) is 0. The average Bonchev–Trinajstić information content (AvgIpc) is 3.13. The first-order valence-electron chi connectivity index (χ1n) is 10.3. The number of nitrogens with zero attached hydrogens (tertiary/aromatic N) is 3. The summed E-state index contributed by atoms with van der Waals surface area (Å²) in [6.45, 7) is 4.47. The summed E-state index contributed by atoms with van der Waals surface area (Å²) < 4.78 is 6.95. The predicted octanol–water partition coefficient (Wildman–Crippen LogP) is 4.47. The normalized spacial score (nSPS) is 11.3. The Morgan fingerprint density at radius 3 is 2.36 bits per heavy atom. The number of nitrogens with one attached hydrogen (secondary N) is 1. The fraction of sp³-hybridized carbons (Fsp3) is 0.292. The summed E-state index contributed by atoms with van der Waals surface area (Å²) in [5.41, 5.74) is 1.28. The monoisotopic (exact) mass is 470 g/mol. The number of carboxylic acid groups (broad SMARTS) is 1. The zero-order chi connectivity index (χ0) is 24.3. The van der Waals surface area contributed by atoms with E-state index < -0.39 is 17.3 Å². The highest BCUT2D eigenvalue weighted by molar-refractivity contribution is 6.30. The second kappa shape index (κ2) is 9.64. The Bertz CT molecular complexity index is 1170. The van der Waals surface area contributed by atoms with Crippen LogP contribution >= 0.6 is 11.6 Å². The molecule has 33 heavy (non-hydrogen) atoms. The summed E-state index contributed by atoms with van der Waals surface area (Å²) in [6, 6.07) is 13.8. The maximum absolute atomic E-state index is 12.8. The second-order valence-corrected chi connectivity index (χ2v) is 8.88. The lowest BCUT2D eigenvalue weighted by atomic mass is 9.84. The van der Waals surface area contributed by atoms with Gasteiger partial charge in [0.25, 0.3) is 5.91 Å². The summed E-state index contributed by atoms with van der Waals surface area (Å²) in [5.74, 6) is -1.40. The Hall–Kier alpha value is -3.36. The van der Waals surface area contributed by atoms with Gasteiger partial charge in [0.05, 0.1) is 12.3 Å². The number of hydrogen-bond donors (Lipinski definition) is 2. The Kier molecular flexibility index (Phi) is 7.09. The van der Waals surface area contributed by atoms with Crippen molar-refractivity contribution in [3.8, 4) is 5.69 Å². The van der Waals surface area contributed by atoms with Gasteiger partial charge in [-0.3, -0.25) is 9.36 Å².